The van der Waals surface area contributed by atoms with E-state index in [9.17, 15) is 13.2 Å². The van der Waals surface area contributed by atoms with E-state index in [0.717, 1.165) is 25.8 Å². The second kappa shape index (κ2) is 5.14. The molecule has 1 aromatic rings. The maximum Gasteiger partial charge on any atom is 0.270 e. The zero-order valence-corrected chi connectivity index (χ0v) is 13.0. The van der Waals surface area contributed by atoms with Crippen molar-refractivity contribution in [3.63, 3.8) is 0 Å². The van der Waals surface area contributed by atoms with Crippen molar-refractivity contribution in [3.8, 4) is 0 Å². The van der Waals surface area contributed by atoms with Crippen LogP contribution < -0.4 is 5.14 Å². The Morgan fingerprint density at radius 3 is 2.71 bits per heavy atom. The molecular weight excluding hydrogens is 290 g/mol. The number of hydrogen-bond acceptors (Lipinski definition) is 3. The third-order valence-electron chi connectivity index (χ3n) is 4.55. The van der Waals surface area contributed by atoms with Crippen molar-refractivity contribution in [1.29, 1.82) is 0 Å². The topological polar surface area (TPSA) is 85.4 Å². The van der Waals surface area contributed by atoms with Gasteiger partial charge in [-0.15, -0.1) is 0 Å². The number of aryl methyl sites for hydroxylation is 1. The maximum absolute atomic E-state index is 12.7. The van der Waals surface area contributed by atoms with Crippen molar-refractivity contribution in [2.24, 2.45) is 11.1 Å². The number of rotatable bonds is 4. The van der Waals surface area contributed by atoms with Crippen LogP contribution in [0, 0.1) is 5.92 Å². The zero-order chi connectivity index (χ0) is 15.2. The minimum absolute atomic E-state index is 0.0173. The van der Waals surface area contributed by atoms with Crippen molar-refractivity contribution < 1.29 is 13.2 Å². The van der Waals surface area contributed by atoms with Gasteiger partial charge in [0, 0.05) is 25.3 Å². The van der Waals surface area contributed by atoms with Crippen LogP contribution in [0.15, 0.2) is 17.2 Å². The molecule has 1 amide bonds. The highest BCUT2D eigenvalue weighted by Gasteiger charge is 2.41. The molecule has 7 heteroatoms. The van der Waals surface area contributed by atoms with Crippen molar-refractivity contribution in [2.45, 2.75) is 50.1 Å². The molecule has 0 spiro atoms. The largest absolute Gasteiger partial charge is 0.342 e. The van der Waals surface area contributed by atoms with Crippen LogP contribution in [0.2, 0.25) is 0 Å². The fourth-order valence-electron chi connectivity index (χ4n) is 3.56. The van der Waals surface area contributed by atoms with Gasteiger partial charge in [-0.25, -0.2) is 13.6 Å². The Morgan fingerprint density at radius 2 is 2.19 bits per heavy atom. The molecule has 2 atom stereocenters. The van der Waals surface area contributed by atoms with Crippen molar-refractivity contribution in [3.05, 3.63) is 18.0 Å². The van der Waals surface area contributed by atoms with E-state index >= 15 is 0 Å². The van der Waals surface area contributed by atoms with Crippen LogP contribution in [0.25, 0.3) is 0 Å². The normalized spacial score (nSPS) is 24.8. The van der Waals surface area contributed by atoms with Gasteiger partial charge in [-0.05, 0) is 37.7 Å². The molecule has 3 rings (SSSR count). The smallest absolute Gasteiger partial charge is 0.270 e. The molecule has 2 fully saturated rings. The Kier molecular flexibility index (Phi) is 3.57. The van der Waals surface area contributed by atoms with Crippen LogP contribution in [-0.2, 0) is 16.6 Å². The van der Waals surface area contributed by atoms with E-state index in [1.54, 1.807) is 4.57 Å². The summed E-state index contributed by atoms with van der Waals surface area (Å²) in [7, 11) is -3.78. The highest BCUT2D eigenvalue weighted by atomic mass is 32.2. The summed E-state index contributed by atoms with van der Waals surface area (Å²) >= 11 is 0. The number of sulfonamides is 1. The summed E-state index contributed by atoms with van der Waals surface area (Å²) in [4.78, 5) is 14.7. The maximum atomic E-state index is 12.7. The van der Waals surface area contributed by atoms with E-state index in [4.69, 9.17) is 5.14 Å². The summed E-state index contributed by atoms with van der Waals surface area (Å²) in [6.07, 6.45) is 5.65. The number of carbonyl (C=O) groups excluding carboxylic acids is 1. The fraction of sp³-hybridized carbons (Fsp3) is 0.643. The van der Waals surface area contributed by atoms with Gasteiger partial charge in [0.25, 0.3) is 5.91 Å². The third kappa shape index (κ3) is 2.60. The summed E-state index contributed by atoms with van der Waals surface area (Å²) in [5.41, 5.74) is 0.438. The third-order valence-corrected chi connectivity index (χ3v) is 5.43. The lowest BCUT2D eigenvalue weighted by atomic mass is 10.1. The molecule has 2 N–H and O–H groups in total. The quantitative estimate of drug-likeness (QED) is 0.905. The van der Waals surface area contributed by atoms with Crippen LogP contribution in [0.4, 0.5) is 0 Å². The molecule has 2 unspecified atom stereocenters. The van der Waals surface area contributed by atoms with Crippen molar-refractivity contribution in [1.82, 2.24) is 9.47 Å². The van der Waals surface area contributed by atoms with Crippen LogP contribution in [0.1, 0.15) is 43.1 Å². The number of likely N-dealkylation sites (tertiary alicyclic amines) is 1. The Hall–Kier alpha value is -1.34. The molecule has 6 nitrogen and oxygen atoms in total. The SMILES string of the molecule is CCCn1cc(S(N)(=O)=O)cc1C(=O)N1CC2CCC1C2. The Balaban J connectivity index is 1.93. The standard InChI is InChI=1S/C14H21N3O3S/c1-2-5-16-9-12(21(15,19)20)7-13(16)14(18)17-8-10-3-4-11(17)6-10/h7,9-11H,2-6,8H2,1H3,(H2,15,19,20). The highest BCUT2D eigenvalue weighted by molar-refractivity contribution is 7.89. The lowest BCUT2D eigenvalue weighted by Gasteiger charge is -2.27. The highest BCUT2D eigenvalue weighted by Crippen LogP contribution is 2.38. The van der Waals surface area contributed by atoms with E-state index < -0.39 is 10.0 Å². The number of nitrogens with zero attached hydrogens (tertiary/aromatic N) is 2. The fourth-order valence-corrected chi connectivity index (χ4v) is 4.11. The Labute approximate surface area is 125 Å². The lowest BCUT2D eigenvalue weighted by molar-refractivity contribution is 0.0692. The number of primary sulfonamides is 1. The predicted octanol–water partition coefficient (Wildman–Crippen LogP) is 1.17. The molecule has 2 bridgehead atoms. The number of amides is 1. The summed E-state index contributed by atoms with van der Waals surface area (Å²) in [5, 5.41) is 5.18. The van der Waals surface area contributed by atoms with Gasteiger partial charge in [-0.3, -0.25) is 4.79 Å². The monoisotopic (exact) mass is 311 g/mol. The number of nitrogens with two attached hydrogens (primary N) is 1. The molecule has 0 aromatic carbocycles. The average Bonchev–Trinajstić information content (AvgIpc) is 3.11. The Morgan fingerprint density at radius 1 is 1.43 bits per heavy atom. The van der Waals surface area contributed by atoms with Crippen LogP contribution in [-0.4, -0.2) is 36.4 Å². The summed E-state index contributed by atoms with van der Waals surface area (Å²) < 4.78 is 24.7. The second-order valence-electron chi connectivity index (χ2n) is 6.09. The predicted molar refractivity (Wildman–Crippen MR) is 78.3 cm³/mol. The second-order valence-corrected chi connectivity index (χ2v) is 7.65. The number of carbonyl (C=O) groups is 1. The first-order chi connectivity index (χ1) is 9.90. The van der Waals surface area contributed by atoms with Gasteiger partial charge >= 0.3 is 0 Å². The number of hydrogen-bond donors (Lipinski definition) is 1. The molecule has 1 aliphatic heterocycles. The minimum Gasteiger partial charge on any atom is -0.342 e. The number of aromatic nitrogens is 1. The summed E-state index contributed by atoms with van der Waals surface area (Å²) in [5.74, 6) is 0.553. The molecule has 21 heavy (non-hydrogen) atoms. The minimum atomic E-state index is -3.78. The number of fused-ring (bicyclic) bond motifs is 2. The zero-order valence-electron chi connectivity index (χ0n) is 12.2. The summed E-state index contributed by atoms with van der Waals surface area (Å²) in [6.45, 7) is 3.40. The van der Waals surface area contributed by atoms with Crippen molar-refractivity contribution >= 4 is 15.9 Å². The molecular formula is C14H21N3O3S. The average molecular weight is 311 g/mol. The molecule has 1 saturated carbocycles. The van der Waals surface area contributed by atoms with Crippen LogP contribution in [0.3, 0.4) is 0 Å². The first-order valence-electron chi connectivity index (χ1n) is 7.44. The molecule has 1 aromatic heterocycles. The lowest BCUT2D eigenvalue weighted by Crippen LogP contribution is -2.38. The summed E-state index contributed by atoms with van der Waals surface area (Å²) in [6, 6.07) is 1.74. The van der Waals surface area contributed by atoms with Crippen LogP contribution in [0.5, 0.6) is 0 Å². The van der Waals surface area contributed by atoms with E-state index in [1.165, 1.54) is 18.7 Å². The first kappa shape index (κ1) is 14.6. The van der Waals surface area contributed by atoms with E-state index in [1.807, 2.05) is 11.8 Å². The van der Waals surface area contributed by atoms with Gasteiger partial charge in [-0.1, -0.05) is 6.92 Å². The van der Waals surface area contributed by atoms with Crippen LogP contribution >= 0.6 is 0 Å². The van der Waals surface area contributed by atoms with Gasteiger partial charge < -0.3 is 9.47 Å². The van der Waals surface area contributed by atoms with E-state index in [2.05, 4.69) is 0 Å². The van der Waals surface area contributed by atoms with E-state index in [0.29, 0.717) is 24.2 Å². The molecule has 1 saturated heterocycles. The van der Waals surface area contributed by atoms with Gasteiger partial charge in [0.2, 0.25) is 10.0 Å². The molecule has 2 aliphatic rings. The first-order valence-corrected chi connectivity index (χ1v) is 8.98. The molecule has 1 aliphatic carbocycles. The van der Waals surface area contributed by atoms with Gasteiger partial charge in [-0.2, -0.15) is 0 Å². The van der Waals surface area contributed by atoms with Gasteiger partial charge in [0.15, 0.2) is 0 Å². The van der Waals surface area contributed by atoms with Crippen molar-refractivity contribution in [2.75, 3.05) is 6.54 Å². The molecule has 2 heterocycles. The molecule has 0 radical (unpaired) electrons. The molecule has 116 valence electrons. The Bertz CT molecular complexity index is 665. The van der Waals surface area contributed by atoms with Gasteiger partial charge in [0.1, 0.15) is 10.6 Å². The van der Waals surface area contributed by atoms with E-state index in [-0.39, 0.29) is 10.8 Å². The van der Waals surface area contributed by atoms with Gasteiger partial charge in [0.05, 0.1) is 0 Å². The number of piperidine rings is 1.